The Hall–Kier alpha value is -1.87. The monoisotopic (exact) mass is 286 g/mol. The van der Waals surface area contributed by atoms with E-state index in [2.05, 4.69) is 49.3 Å². The molecule has 21 heavy (non-hydrogen) atoms. The van der Waals surface area contributed by atoms with Crippen molar-refractivity contribution in [2.24, 2.45) is 0 Å². The first-order valence-corrected chi connectivity index (χ1v) is 7.36. The number of rotatable bonds is 6. The predicted molar refractivity (Wildman–Crippen MR) is 87.1 cm³/mol. The molecule has 0 unspecified atom stereocenters. The molecule has 2 aromatic rings. The van der Waals surface area contributed by atoms with Gasteiger partial charge in [0.2, 0.25) is 0 Å². The molecule has 0 bridgehead atoms. The zero-order chi connectivity index (χ0) is 15.2. The fourth-order valence-corrected chi connectivity index (χ4v) is 2.47. The number of aryl methyl sites for hydroxylation is 1. The third-order valence-electron chi connectivity index (χ3n) is 3.58. The van der Waals surface area contributed by atoms with Gasteiger partial charge in [0.25, 0.3) is 0 Å². The van der Waals surface area contributed by atoms with Crippen LogP contribution >= 0.6 is 0 Å². The Balaban J connectivity index is 2.08. The number of nitrogens with one attached hydrogen (secondary N) is 1. The van der Waals surface area contributed by atoms with Crippen LogP contribution in [0.15, 0.2) is 42.5 Å². The number of benzene rings is 2. The summed E-state index contributed by atoms with van der Waals surface area (Å²) in [5.74, 6) is -0.189. The fourth-order valence-electron chi connectivity index (χ4n) is 2.47. The summed E-state index contributed by atoms with van der Waals surface area (Å²) in [5, 5.41) is 3.34. The molecule has 2 rings (SSSR count). The summed E-state index contributed by atoms with van der Waals surface area (Å²) in [5.41, 5.74) is 4.87. The van der Waals surface area contributed by atoms with Crippen LogP contribution in [-0.4, -0.2) is 13.6 Å². The number of nitrogens with zero attached hydrogens (tertiary/aromatic N) is 1. The molecule has 0 saturated carbocycles. The van der Waals surface area contributed by atoms with Crippen molar-refractivity contribution >= 4 is 5.69 Å². The molecule has 2 nitrogen and oxygen atoms in total. The zero-order valence-electron chi connectivity index (χ0n) is 13.0. The minimum absolute atomic E-state index is 0.189. The maximum Gasteiger partial charge on any atom is 0.123 e. The first-order chi connectivity index (χ1) is 10.1. The van der Waals surface area contributed by atoms with E-state index in [1.165, 1.54) is 28.9 Å². The Kier molecular flexibility index (Phi) is 5.34. The van der Waals surface area contributed by atoms with Gasteiger partial charge in [-0.05, 0) is 48.4 Å². The molecule has 3 heteroatoms. The second kappa shape index (κ2) is 7.23. The van der Waals surface area contributed by atoms with E-state index in [0.29, 0.717) is 0 Å². The van der Waals surface area contributed by atoms with Crippen molar-refractivity contribution in [2.75, 3.05) is 18.5 Å². The van der Waals surface area contributed by atoms with E-state index in [4.69, 9.17) is 0 Å². The Morgan fingerprint density at radius 2 is 1.71 bits per heavy atom. The van der Waals surface area contributed by atoms with Gasteiger partial charge >= 0.3 is 0 Å². The van der Waals surface area contributed by atoms with Crippen molar-refractivity contribution in [1.29, 1.82) is 0 Å². The normalized spacial score (nSPS) is 10.7. The van der Waals surface area contributed by atoms with Gasteiger partial charge in [0, 0.05) is 25.8 Å². The lowest BCUT2D eigenvalue weighted by atomic mass is 10.1. The maximum absolute atomic E-state index is 12.9. The predicted octanol–water partition coefficient (Wildman–Crippen LogP) is 3.88. The summed E-state index contributed by atoms with van der Waals surface area (Å²) < 4.78 is 12.9. The van der Waals surface area contributed by atoms with Gasteiger partial charge in [-0.25, -0.2) is 4.39 Å². The van der Waals surface area contributed by atoms with Gasteiger partial charge in [-0.2, -0.15) is 0 Å². The number of halogens is 1. The van der Waals surface area contributed by atoms with Crippen molar-refractivity contribution in [2.45, 2.75) is 26.9 Å². The van der Waals surface area contributed by atoms with Crippen LogP contribution in [0.25, 0.3) is 0 Å². The molecule has 0 heterocycles. The molecule has 0 aliphatic rings. The summed E-state index contributed by atoms with van der Waals surface area (Å²) >= 11 is 0. The first kappa shape index (κ1) is 15.5. The summed E-state index contributed by atoms with van der Waals surface area (Å²) in [6.45, 7) is 6.89. The Morgan fingerprint density at radius 3 is 2.33 bits per heavy atom. The Labute approximate surface area is 126 Å². The van der Waals surface area contributed by atoms with E-state index in [-0.39, 0.29) is 5.82 Å². The van der Waals surface area contributed by atoms with Gasteiger partial charge in [0.1, 0.15) is 5.82 Å². The maximum atomic E-state index is 12.9. The second-order valence-electron chi connectivity index (χ2n) is 5.38. The van der Waals surface area contributed by atoms with Gasteiger partial charge in [-0.3, -0.25) is 0 Å². The van der Waals surface area contributed by atoms with Crippen LogP contribution in [-0.2, 0) is 13.1 Å². The second-order valence-corrected chi connectivity index (χ2v) is 5.38. The Bertz CT molecular complexity index is 578. The quantitative estimate of drug-likeness (QED) is 0.867. The van der Waals surface area contributed by atoms with Gasteiger partial charge in [0.05, 0.1) is 0 Å². The molecule has 0 aromatic heterocycles. The lowest BCUT2D eigenvalue weighted by Crippen LogP contribution is -2.18. The van der Waals surface area contributed by atoms with Crippen molar-refractivity contribution in [1.82, 2.24) is 5.32 Å². The van der Waals surface area contributed by atoms with Crippen molar-refractivity contribution in [3.8, 4) is 0 Å². The molecule has 0 aliphatic heterocycles. The summed E-state index contributed by atoms with van der Waals surface area (Å²) in [7, 11) is 2.07. The average molecular weight is 286 g/mol. The minimum Gasteiger partial charge on any atom is -0.370 e. The van der Waals surface area contributed by atoms with E-state index in [1.54, 1.807) is 0 Å². The standard InChI is InChI=1S/C18H23FN2/c1-4-20-12-16-7-10-18(14(2)11-16)21(3)13-15-5-8-17(19)9-6-15/h5-11,20H,4,12-13H2,1-3H3. The van der Waals surface area contributed by atoms with E-state index in [1.807, 2.05) is 12.1 Å². The summed E-state index contributed by atoms with van der Waals surface area (Å²) in [6.07, 6.45) is 0. The molecule has 0 aliphatic carbocycles. The largest absolute Gasteiger partial charge is 0.370 e. The van der Waals surface area contributed by atoms with Crippen LogP contribution in [0, 0.1) is 12.7 Å². The smallest absolute Gasteiger partial charge is 0.123 e. The first-order valence-electron chi connectivity index (χ1n) is 7.36. The topological polar surface area (TPSA) is 15.3 Å². The molecular formula is C18H23FN2. The lowest BCUT2D eigenvalue weighted by Gasteiger charge is -2.22. The van der Waals surface area contributed by atoms with Gasteiger partial charge in [-0.15, -0.1) is 0 Å². The van der Waals surface area contributed by atoms with Crippen molar-refractivity contribution < 1.29 is 4.39 Å². The lowest BCUT2D eigenvalue weighted by molar-refractivity contribution is 0.627. The fraction of sp³-hybridized carbons (Fsp3) is 0.333. The third-order valence-corrected chi connectivity index (χ3v) is 3.58. The SMILES string of the molecule is CCNCc1ccc(N(C)Cc2ccc(F)cc2)c(C)c1. The molecule has 0 saturated heterocycles. The zero-order valence-corrected chi connectivity index (χ0v) is 13.0. The third kappa shape index (κ3) is 4.30. The minimum atomic E-state index is -0.189. The number of anilines is 1. The number of hydrogen-bond donors (Lipinski definition) is 1. The molecule has 1 N–H and O–H groups in total. The van der Waals surface area contributed by atoms with E-state index in [9.17, 15) is 4.39 Å². The van der Waals surface area contributed by atoms with E-state index >= 15 is 0 Å². The molecule has 0 amide bonds. The van der Waals surface area contributed by atoms with Crippen LogP contribution in [0.4, 0.5) is 10.1 Å². The van der Waals surface area contributed by atoms with Crippen LogP contribution in [0.2, 0.25) is 0 Å². The van der Waals surface area contributed by atoms with Gasteiger partial charge < -0.3 is 10.2 Å². The van der Waals surface area contributed by atoms with Crippen LogP contribution in [0.3, 0.4) is 0 Å². The average Bonchev–Trinajstić information content (AvgIpc) is 2.47. The number of hydrogen-bond acceptors (Lipinski definition) is 2. The van der Waals surface area contributed by atoms with Crippen LogP contribution in [0.5, 0.6) is 0 Å². The highest BCUT2D eigenvalue weighted by Gasteiger charge is 2.06. The highest BCUT2D eigenvalue weighted by Crippen LogP contribution is 2.22. The van der Waals surface area contributed by atoms with Crippen LogP contribution in [0.1, 0.15) is 23.6 Å². The van der Waals surface area contributed by atoms with Crippen LogP contribution < -0.4 is 10.2 Å². The van der Waals surface area contributed by atoms with E-state index in [0.717, 1.165) is 25.2 Å². The van der Waals surface area contributed by atoms with Gasteiger partial charge in [-0.1, -0.05) is 31.2 Å². The van der Waals surface area contributed by atoms with Crippen molar-refractivity contribution in [3.05, 3.63) is 65.0 Å². The summed E-state index contributed by atoms with van der Waals surface area (Å²) in [6, 6.07) is 13.2. The highest BCUT2D eigenvalue weighted by molar-refractivity contribution is 5.54. The van der Waals surface area contributed by atoms with Gasteiger partial charge in [0.15, 0.2) is 0 Å². The molecular weight excluding hydrogens is 263 g/mol. The highest BCUT2D eigenvalue weighted by atomic mass is 19.1. The Morgan fingerprint density at radius 1 is 1.05 bits per heavy atom. The van der Waals surface area contributed by atoms with E-state index < -0.39 is 0 Å². The molecule has 0 atom stereocenters. The summed E-state index contributed by atoms with van der Waals surface area (Å²) in [4.78, 5) is 2.19. The molecule has 112 valence electrons. The van der Waals surface area contributed by atoms with Crippen molar-refractivity contribution in [3.63, 3.8) is 0 Å². The molecule has 0 radical (unpaired) electrons. The molecule has 2 aromatic carbocycles. The molecule has 0 fully saturated rings. The molecule has 0 spiro atoms.